The van der Waals surface area contributed by atoms with Gasteiger partial charge in [-0.3, -0.25) is 0 Å². The molecule has 0 saturated heterocycles. The van der Waals surface area contributed by atoms with Crippen molar-refractivity contribution in [3.05, 3.63) is 0 Å². The van der Waals surface area contributed by atoms with Gasteiger partial charge in [0.2, 0.25) is 0 Å². The van der Waals surface area contributed by atoms with E-state index in [0.29, 0.717) is 0 Å². The van der Waals surface area contributed by atoms with Crippen molar-refractivity contribution in [2.75, 3.05) is 6.54 Å². The summed E-state index contributed by atoms with van der Waals surface area (Å²) in [4.78, 5) is 0. The van der Waals surface area contributed by atoms with Gasteiger partial charge in [0.15, 0.2) is 7.98 Å². The van der Waals surface area contributed by atoms with Crippen LogP contribution in [-0.4, -0.2) is 14.5 Å². The molecule has 0 fully saturated rings. The van der Waals surface area contributed by atoms with Crippen molar-refractivity contribution in [3.8, 4) is 0 Å². The Morgan fingerprint density at radius 1 is 1.40 bits per heavy atom. The molecule has 0 aromatic carbocycles. The molecule has 1 atom stereocenters. The van der Waals surface area contributed by atoms with Gasteiger partial charge in [0.05, 0.1) is 0 Å². The Labute approximate surface area is 66.0 Å². The zero-order valence-electron chi connectivity index (χ0n) is 7.61. The van der Waals surface area contributed by atoms with Crippen molar-refractivity contribution >= 4 is 7.98 Å². The van der Waals surface area contributed by atoms with Crippen molar-refractivity contribution in [2.45, 2.75) is 39.5 Å². The highest BCUT2D eigenvalue weighted by Crippen LogP contribution is 2.09. The fraction of sp³-hybridized carbons (Fsp3) is 1.00. The first kappa shape index (κ1) is 10.0. The Hall–Kier alpha value is 0.0249. The molecular weight excluding hydrogens is 121 g/mol. The minimum absolute atomic E-state index is 0.928. The zero-order valence-corrected chi connectivity index (χ0v) is 7.61. The highest BCUT2D eigenvalue weighted by molar-refractivity contribution is 6.04. The summed E-state index contributed by atoms with van der Waals surface area (Å²) in [5, 5.41) is 3.16. The van der Waals surface area contributed by atoms with Crippen LogP contribution in [0.3, 0.4) is 0 Å². The van der Waals surface area contributed by atoms with E-state index < -0.39 is 0 Å². The van der Waals surface area contributed by atoms with E-state index in [-0.39, 0.29) is 0 Å². The Kier molecular flexibility index (Phi) is 7.15. The summed E-state index contributed by atoms with van der Waals surface area (Å²) < 4.78 is 0. The Bertz CT molecular complexity index is 66.3. The highest BCUT2D eigenvalue weighted by Gasteiger charge is 1.96. The van der Waals surface area contributed by atoms with Crippen LogP contribution in [0.15, 0.2) is 0 Å². The first-order chi connectivity index (χ1) is 4.81. The van der Waals surface area contributed by atoms with E-state index in [9.17, 15) is 0 Å². The van der Waals surface area contributed by atoms with E-state index in [1.807, 2.05) is 7.98 Å². The predicted molar refractivity (Wildman–Crippen MR) is 49.9 cm³/mol. The number of hydrogen-bond acceptors (Lipinski definition) is 1. The number of unbranched alkanes of at least 4 members (excludes halogenated alkanes) is 1. The first-order valence-electron chi connectivity index (χ1n) is 4.45. The quantitative estimate of drug-likeness (QED) is 0.434. The smallest absolute Gasteiger partial charge is 0.181 e. The second kappa shape index (κ2) is 7.14. The van der Waals surface area contributed by atoms with Gasteiger partial charge in [0.1, 0.15) is 0 Å². The maximum atomic E-state index is 3.16. The highest BCUT2D eigenvalue weighted by atomic mass is 14.7. The standard InChI is InChI=1S/C8H20BN/c1-3-8(2)6-4-5-7-10-9/h8,10H,3-7,9H2,1-2H3. The third kappa shape index (κ3) is 6.15. The summed E-state index contributed by atoms with van der Waals surface area (Å²) in [7, 11) is 2.02. The fourth-order valence-electron chi connectivity index (χ4n) is 0.999. The number of nitrogens with one attached hydrogen (secondary N) is 1. The molecule has 0 radical (unpaired) electrons. The van der Waals surface area contributed by atoms with E-state index in [4.69, 9.17) is 0 Å². The normalized spacial score (nSPS) is 13.4. The summed E-state index contributed by atoms with van der Waals surface area (Å²) in [5.74, 6) is 0.928. The molecule has 0 aliphatic carbocycles. The van der Waals surface area contributed by atoms with Gasteiger partial charge in [-0.15, -0.1) is 0 Å². The molecule has 0 spiro atoms. The Morgan fingerprint density at radius 3 is 2.60 bits per heavy atom. The van der Waals surface area contributed by atoms with Crippen molar-refractivity contribution in [2.24, 2.45) is 5.92 Å². The van der Waals surface area contributed by atoms with Gasteiger partial charge in [-0.05, 0) is 18.9 Å². The van der Waals surface area contributed by atoms with Crippen molar-refractivity contribution in [1.29, 1.82) is 0 Å². The average molecular weight is 141 g/mol. The van der Waals surface area contributed by atoms with Crippen molar-refractivity contribution in [1.82, 2.24) is 5.23 Å². The lowest BCUT2D eigenvalue weighted by atomic mass is 10.0. The topological polar surface area (TPSA) is 12.0 Å². The van der Waals surface area contributed by atoms with Crippen LogP contribution in [0.5, 0.6) is 0 Å². The average Bonchev–Trinajstić information content (AvgIpc) is 1.98. The van der Waals surface area contributed by atoms with Crippen LogP contribution in [0.2, 0.25) is 0 Å². The molecule has 0 aliphatic rings. The molecule has 60 valence electrons. The van der Waals surface area contributed by atoms with Gasteiger partial charge in [0.25, 0.3) is 0 Å². The van der Waals surface area contributed by atoms with Crippen LogP contribution in [0.25, 0.3) is 0 Å². The van der Waals surface area contributed by atoms with E-state index in [2.05, 4.69) is 19.1 Å². The lowest BCUT2D eigenvalue weighted by Gasteiger charge is -2.06. The molecule has 0 aromatic rings. The summed E-state index contributed by atoms with van der Waals surface area (Å²) in [6.07, 6.45) is 5.45. The third-order valence-electron chi connectivity index (χ3n) is 2.07. The lowest BCUT2D eigenvalue weighted by molar-refractivity contribution is 0.484. The van der Waals surface area contributed by atoms with Crippen LogP contribution in [0, 0.1) is 5.92 Å². The zero-order chi connectivity index (χ0) is 7.82. The minimum atomic E-state index is 0.928. The molecule has 0 aromatic heterocycles. The SMILES string of the molecule is BNCCCCC(C)CC. The second-order valence-electron chi connectivity index (χ2n) is 3.11. The Balaban J connectivity index is 2.89. The van der Waals surface area contributed by atoms with Crippen LogP contribution < -0.4 is 5.23 Å². The van der Waals surface area contributed by atoms with E-state index in [0.717, 1.165) is 5.92 Å². The molecule has 10 heavy (non-hydrogen) atoms. The Morgan fingerprint density at radius 2 is 2.10 bits per heavy atom. The van der Waals surface area contributed by atoms with Gasteiger partial charge in [-0.25, -0.2) is 0 Å². The predicted octanol–water partition coefficient (Wildman–Crippen LogP) is 1.34. The minimum Gasteiger partial charge on any atom is -0.362 e. The van der Waals surface area contributed by atoms with Gasteiger partial charge in [0, 0.05) is 0 Å². The van der Waals surface area contributed by atoms with Crippen LogP contribution in [-0.2, 0) is 0 Å². The number of hydrogen-bond donors (Lipinski definition) is 1. The maximum Gasteiger partial charge on any atom is 0.181 e. The lowest BCUT2D eigenvalue weighted by Crippen LogP contribution is -2.09. The van der Waals surface area contributed by atoms with Crippen molar-refractivity contribution in [3.63, 3.8) is 0 Å². The third-order valence-corrected chi connectivity index (χ3v) is 2.07. The van der Waals surface area contributed by atoms with Crippen molar-refractivity contribution < 1.29 is 0 Å². The summed E-state index contributed by atoms with van der Waals surface area (Å²) >= 11 is 0. The molecule has 2 heteroatoms. The molecule has 0 heterocycles. The van der Waals surface area contributed by atoms with Gasteiger partial charge in [-0.1, -0.05) is 33.1 Å². The van der Waals surface area contributed by atoms with Gasteiger partial charge in [-0.2, -0.15) is 0 Å². The fourth-order valence-corrected chi connectivity index (χ4v) is 0.999. The molecule has 0 saturated carbocycles. The molecule has 0 amide bonds. The maximum absolute atomic E-state index is 3.16. The molecular formula is C8H20BN. The van der Waals surface area contributed by atoms with Gasteiger partial charge < -0.3 is 5.23 Å². The molecule has 0 rings (SSSR count). The van der Waals surface area contributed by atoms with Crippen LogP contribution >= 0.6 is 0 Å². The largest absolute Gasteiger partial charge is 0.362 e. The van der Waals surface area contributed by atoms with Crippen LogP contribution in [0.1, 0.15) is 39.5 Å². The summed E-state index contributed by atoms with van der Waals surface area (Å²) in [6, 6.07) is 0. The summed E-state index contributed by atoms with van der Waals surface area (Å²) in [5.41, 5.74) is 0. The van der Waals surface area contributed by atoms with E-state index in [1.165, 1.54) is 32.2 Å². The summed E-state index contributed by atoms with van der Waals surface area (Å²) in [6.45, 7) is 5.78. The molecule has 1 N–H and O–H groups in total. The van der Waals surface area contributed by atoms with E-state index in [1.54, 1.807) is 0 Å². The number of rotatable bonds is 6. The monoisotopic (exact) mass is 141 g/mol. The molecule has 0 aliphatic heterocycles. The first-order valence-corrected chi connectivity index (χ1v) is 4.45. The van der Waals surface area contributed by atoms with E-state index >= 15 is 0 Å². The van der Waals surface area contributed by atoms with Crippen LogP contribution in [0.4, 0.5) is 0 Å². The second-order valence-corrected chi connectivity index (χ2v) is 3.11. The van der Waals surface area contributed by atoms with Gasteiger partial charge >= 0.3 is 0 Å². The molecule has 1 unspecified atom stereocenters. The molecule has 1 nitrogen and oxygen atoms in total. The molecule has 0 bridgehead atoms.